The number of likely N-dealkylation sites (tertiary alicyclic amines) is 1. The van der Waals surface area contributed by atoms with Gasteiger partial charge in [-0.3, -0.25) is 9.88 Å². The van der Waals surface area contributed by atoms with Crippen LogP contribution in [0.15, 0.2) is 71.5 Å². The fraction of sp³-hybridized carbons (Fsp3) is 0.286. The topological polar surface area (TPSA) is 21.1 Å². The van der Waals surface area contributed by atoms with Crippen molar-refractivity contribution in [2.75, 3.05) is 13.1 Å². The zero-order chi connectivity index (χ0) is 17.1. The molecule has 3 aromatic rings. The number of benzene rings is 1. The molecular formula is C21H22BrN3. The Hall–Kier alpha value is -1.91. The molecule has 0 amide bonds. The van der Waals surface area contributed by atoms with E-state index in [-0.39, 0.29) is 0 Å². The highest BCUT2D eigenvalue weighted by atomic mass is 79.9. The fourth-order valence-electron chi connectivity index (χ4n) is 3.73. The summed E-state index contributed by atoms with van der Waals surface area (Å²) in [5.41, 5.74) is 3.78. The number of rotatable bonds is 5. The van der Waals surface area contributed by atoms with Gasteiger partial charge in [0.2, 0.25) is 0 Å². The number of aromatic nitrogens is 2. The van der Waals surface area contributed by atoms with Gasteiger partial charge in [-0.1, -0.05) is 34.1 Å². The van der Waals surface area contributed by atoms with Gasteiger partial charge in [-0.2, -0.15) is 0 Å². The van der Waals surface area contributed by atoms with E-state index < -0.39 is 0 Å². The van der Waals surface area contributed by atoms with Crippen molar-refractivity contribution in [1.29, 1.82) is 0 Å². The van der Waals surface area contributed by atoms with E-state index in [2.05, 4.69) is 85.1 Å². The highest BCUT2D eigenvalue weighted by Gasteiger charge is 2.27. The number of nitrogens with zero attached hydrogens (tertiary/aromatic N) is 3. The average molecular weight is 396 g/mol. The Balaban J connectivity index is 1.72. The highest BCUT2D eigenvalue weighted by molar-refractivity contribution is 9.10. The molecule has 128 valence electrons. The maximum Gasteiger partial charge on any atom is 0.0756 e. The summed E-state index contributed by atoms with van der Waals surface area (Å²) in [4.78, 5) is 7.10. The molecule has 4 heteroatoms. The predicted octanol–water partition coefficient (Wildman–Crippen LogP) is 4.88. The zero-order valence-electron chi connectivity index (χ0n) is 14.2. The molecule has 1 saturated heterocycles. The SMILES string of the molecule is Brc1cccc(C(c2cccn2Cc2ccccn2)N2CCCC2)c1. The smallest absolute Gasteiger partial charge is 0.0756 e. The molecule has 3 heterocycles. The van der Waals surface area contributed by atoms with Crippen LogP contribution in [-0.2, 0) is 6.54 Å². The van der Waals surface area contributed by atoms with E-state index in [1.807, 2.05) is 12.3 Å². The number of hydrogen-bond acceptors (Lipinski definition) is 2. The summed E-state index contributed by atoms with van der Waals surface area (Å²) in [5, 5.41) is 0. The van der Waals surface area contributed by atoms with Gasteiger partial charge in [0.1, 0.15) is 0 Å². The molecular weight excluding hydrogens is 374 g/mol. The minimum atomic E-state index is 0.290. The van der Waals surface area contributed by atoms with Crippen LogP contribution in [0.3, 0.4) is 0 Å². The third-order valence-corrected chi connectivity index (χ3v) is 5.37. The lowest BCUT2D eigenvalue weighted by Gasteiger charge is -2.29. The molecule has 0 saturated carbocycles. The van der Waals surface area contributed by atoms with Crippen molar-refractivity contribution in [3.05, 3.63) is 88.4 Å². The van der Waals surface area contributed by atoms with Crippen LogP contribution >= 0.6 is 15.9 Å². The maximum absolute atomic E-state index is 4.50. The highest BCUT2D eigenvalue weighted by Crippen LogP contribution is 2.33. The summed E-state index contributed by atoms with van der Waals surface area (Å²) in [7, 11) is 0. The van der Waals surface area contributed by atoms with Crippen LogP contribution in [0.4, 0.5) is 0 Å². The summed E-state index contributed by atoms with van der Waals surface area (Å²) < 4.78 is 3.48. The van der Waals surface area contributed by atoms with Crippen LogP contribution in [-0.4, -0.2) is 27.5 Å². The minimum absolute atomic E-state index is 0.290. The van der Waals surface area contributed by atoms with Gasteiger partial charge in [-0.15, -0.1) is 0 Å². The minimum Gasteiger partial charge on any atom is -0.344 e. The lowest BCUT2D eigenvalue weighted by atomic mass is 10.0. The van der Waals surface area contributed by atoms with Crippen LogP contribution in [0, 0.1) is 0 Å². The van der Waals surface area contributed by atoms with Gasteiger partial charge in [0, 0.05) is 22.6 Å². The summed E-state index contributed by atoms with van der Waals surface area (Å²) in [6, 6.07) is 19.5. The van der Waals surface area contributed by atoms with Crippen molar-refractivity contribution in [3.63, 3.8) is 0 Å². The maximum atomic E-state index is 4.50. The lowest BCUT2D eigenvalue weighted by molar-refractivity contribution is 0.271. The lowest BCUT2D eigenvalue weighted by Crippen LogP contribution is -2.28. The van der Waals surface area contributed by atoms with E-state index in [4.69, 9.17) is 0 Å². The molecule has 1 atom stereocenters. The molecule has 1 fully saturated rings. The van der Waals surface area contributed by atoms with Gasteiger partial charge in [0.25, 0.3) is 0 Å². The Labute approximate surface area is 157 Å². The second-order valence-corrected chi connectivity index (χ2v) is 7.50. The molecule has 2 aromatic heterocycles. The first-order valence-corrected chi connectivity index (χ1v) is 9.65. The number of pyridine rings is 1. The largest absolute Gasteiger partial charge is 0.344 e. The first-order valence-electron chi connectivity index (χ1n) is 8.86. The van der Waals surface area contributed by atoms with Crippen molar-refractivity contribution in [3.8, 4) is 0 Å². The van der Waals surface area contributed by atoms with Gasteiger partial charge in [0.05, 0.1) is 18.3 Å². The van der Waals surface area contributed by atoms with Crippen LogP contribution in [0.2, 0.25) is 0 Å². The molecule has 0 spiro atoms. The van der Waals surface area contributed by atoms with Crippen molar-refractivity contribution >= 4 is 15.9 Å². The molecule has 0 bridgehead atoms. The molecule has 25 heavy (non-hydrogen) atoms. The first-order chi connectivity index (χ1) is 12.3. The monoisotopic (exact) mass is 395 g/mol. The Morgan fingerprint density at radius 3 is 2.64 bits per heavy atom. The Bertz CT molecular complexity index is 822. The molecule has 1 aliphatic heterocycles. The molecule has 1 aliphatic rings. The molecule has 0 aliphatic carbocycles. The third kappa shape index (κ3) is 3.70. The third-order valence-electron chi connectivity index (χ3n) is 4.87. The molecule has 4 rings (SSSR count). The summed E-state index contributed by atoms with van der Waals surface area (Å²) >= 11 is 3.64. The predicted molar refractivity (Wildman–Crippen MR) is 105 cm³/mol. The van der Waals surface area contributed by atoms with E-state index >= 15 is 0 Å². The summed E-state index contributed by atoms with van der Waals surface area (Å²) in [5.74, 6) is 0. The molecule has 0 radical (unpaired) electrons. The van der Waals surface area contributed by atoms with Crippen molar-refractivity contribution in [2.24, 2.45) is 0 Å². The van der Waals surface area contributed by atoms with Gasteiger partial charge in [0.15, 0.2) is 0 Å². The normalized spacial score (nSPS) is 16.2. The average Bonchev–Trinajstić information content (AvgIpc) is 3.30. The van der Waals surface area contributed by atoms with Crippen molar-refractivity contribution in [1.82, 2.24) is 14.5 Å². The van der Waals surface area contributed by atoms with Crippen molar-refractivity contribution < 1.29 is 0 Å². The van der Waals surface area contributed by atoms with E-state index in [1.54, 1.807) is 0 Å². The van der Waals surface area contributed by atoms with Crippen molar-refractivity contribution in [2.45, 2.75) is 25.4 Å². The molecule has 3 nitrogen and oxygen atoms in total. The van der Waals surface area contributed by atoms with Gasteiger partial charge < -0.3 is 4.57 Å². The Kier molecular flexibility index (Phi) is 4.99. The Morgan fingerprint density at radius 1 is 1.00 bits per heavy atom. The zero-order valence-corrected chi connectivity index (χ0v) is 15.8. The van der Waals surface area contributed by atoms with E-state index in [9.17, 15) is 0 Å². The summed E-state index contributed by atoms with van der Waals surface area (Å²) in [6.45, 7) is 3.12. The Morgan fingerprint density at radius 2 is 1.88 bits per heavy atom. The quantitative estimate of drug-likeness (QED) is 0.613. The van der Waals surface area contributed by atoms with Crippen LogP contribution < -0.4 is 0 Å². The molecule has 0 N–H and O–H groups in total. The molecule has 1 aromatic carbocycles. The molecule has 1 unspecified atom stereocenters. The fourth-order valence-corrected chi connectivity index (χ4v) is 4.15. The number of halogens is 1. The second-order valence-electron chi connectivity index (χ2n) is 6.58. The second kappa shape index (κ2) is 7.54. The first kappa shape index (κ1) is 16.6. The van der Waals surface area contributed by atoms with Crippen LogP contribution in [0.5, 0.6) is 0 Å². The van der Waals surface area contributed by atoms with Gasteiger partial charge >= 0.3 is 0 Å². The van der Waals surface area contributed by atoms with Gasteiger partial charge in [-0.05, 0) is 67.9 Å². The van der Waals surface area contributed by atoms with E-state index in [0.29, 0.717) is 6.04 Å². The summed E-state index contributed by atoms with van der Waals surface area (Å²) in [6.07, 6.45) is 6.60. The standard InChI is InChI=1S/C21H22BrN3/c22-18-8-5-7-17(15-18)21(24-12-3-4-13-24)20-10-6-14-25(20)16-19-9-1-2-11-23-19/h1-2,5-11,14-15,21H,3-4,12-13,16H2. The van der Waals surface area contributed by atoms with E-state index in [0.717, 1.165) is 29.8 Å². The van der Waals surface area contributed by atoms with Crippen LogP contribution in [0.25, 0.3) is 0 Å². The van der Waals surface area contributed by atoms with Crippen LogP contribution in [0.1, 0.15) is 35.8 Å². The van der Waals surface area contributed by atoms with Gasteiger partial charge in [-0.25, -0.2) is 0 Å². The number of hydrogen-bond donors (Lipinski definition) is 0. The van der Waals surface area contributed by atoms with E-state index in [1.165, 1.54) is 24.1 Å².